The van der Waals surface area contributed by atoms with Gasteiger partial charge in [0, 0.05) is 6.08 Å². The number of likely N-dealkylation sites (N-methyl/N-ethyl adjacent to an activating group) is 1. The number of carboxylic acids is 1. The van der Waals surface area contributed by atoms with Gasteiger partial charge in [-0.1, -0.05) is 71.1 Å². The number of aliphatic hydroxyl groups excluding tert-OH is 1. The number of carboxylic acid groups (broad SMARTS) is 1. The van der Waals surface area contributed by atoms with Crippen molar-refractivity contribution in [1.82, 2.24) is 0 Å². The predicted molar refractivity (Wildman–Crippen MR) is 117 cm³/mol. The fourth-order valence-corrected chi connectivity index (χ4v) is 3.28. The minimum absolute atomic E-state index is 0.226. The number of aliphatic hydroxyl groups is 1. The topological polar surface area (TPSA) is 83.8 Å². The number of carbonyl (C=O) groups is 2. The van der Waals surface area contributed by atoms with E-state index in [1.165, 1.54) is 63.5 Å². The molecule has 170 valence electrons. The van der Waals surface area contributed by atoms with Gasteiger partial charge in [0.2, 0.25) is 0 Å². The zero-order chi connectivity index (χ0) is 22.1. The van der Waals surface area contributed by atoms with Gasteiger partial charge in [-0.05, 0) is 12.5 Å². The number of unbranched alkanes of at least 4 members (excludes halogenated alkanes) is 9. The second kappa shape index (κ2) is 16.4. The Morgan fingerprint density at radius 3 is 1.93 bits per heavy atom. The average Bonchev–Trinajstić information content (AvgIpc) is 2.59. The van der Waals surface area contributed by atoms with E-state index in [0.29, 0.717) is 17.4 Å². The summed E-state index contributed by atoms with van der Waals surface area (Å²) in [6.07, 6.45) is 14.1. The summed E-state index contributed by atoms with van der Waals surface area (Å²) in [5.41, 5.74) is 0. The molecule has 0 aliphatic carbocycles. The molecule has 6 heteroatoms. The van der Waals surface area contributed by atoms with Gasteiger partial charge < -0.3 is 19.4 Å². The SMILES string of the molecule is CCCCCCCCCCCCC(O)/C=C/C(=O)OC(CC(=O)O)C[N+](C)(C)C. The Hall–Kier alpha value is -1.40. The zero-order valence-electron chi connectivity index (χ0n) is 19.1. The Morgan fingerprint density at radius 2 is 1.45 bits per heavy atom. The standard InChI is InChI=1S/C23H43NO5/c1-5-6-7-8-9-10-11-12-13-14-15-20(25)16-17-23(28)29-21(18-22(26)27)19-24(2,3)4/h16-17,20-21,25H,5-15,18-19H2,1-4H3/p+1/b17-16+. The minimum atomic E-state index is -0.999. The first kappa shape index (κ1) is 27.6. The van der Waals surface area contributed by atoms with Crippen molar-refractivity contribution in [2.75, 3.05) is 27.7 Å². The van der Waals surface area contributed by atoms with Gasteiger partial charge in [-0.15, -0.1) is 0 Å². The summed E-state index contributed by atoms with van der Waals surface area (Å²) in [6.45, 7) is 2.64. The Kier molecular flexibility index (Phi) is 15.6. The molecule has 0 radical (unpaired) electrons. The number of rotatable bonds is 18. The highest BCUT2D eigenvalue weighted by Gasteiger charge is 2.24. The molecule has 0 aliphatic rings. The van der Waals surface area contributed by atoms with Gasteiger partial charge in [0.25, 0.3) is 0 Å². The van der Waals surface area contributed by atoms with Gasteiger partial charge in [0.05, 0.1) is 33.7 Å². The molecule has 0 spiro atoms. The van der Waals surface area contributed by atoms with Crippen molar-refractivity contribution >= 4 is 11.9 Å². The highest BCUT2D eigenvalue weighted by atomic mass is 16.5. The number of aliphatic carboxylic acids is 1. The normalized spacial score (nSPS) is 14.1. The zero-order valence-corrected chi connectivity index (χ0v) is 19.1. The number of nitrogens with zero attached hydrogens (tertiary/aromatic N) is 1. The van der Waals surface area contributed by atoms with Crippen LogP contribution in [-0.2, 0) is 14.3 Å². The fraction of sp³-hybridized carbons (Fsp3) is 0.826. The Morgan fingerprint density at radius 1 is 0.931 bits per heavy atom. The predicted octanol–water partition coefficient (Wildman–Crippen LogP) is 4.31. The minimum Gasteiger partial charge on any atom is -0.481 e. The van der Waals surface area contributed by atoms with Crippen LogP contribution < -0.4 is 0 Å². The van der Waals surface area contributed by atoms with Crippen LogP contribution in [0.5, 0.6) is 0 Å². The molecular formula is C23H44NO5+. The molecule has 0 bridgehead atoms. The molecule has 0 saturated carbocycles. The van der Waals surface area contributed by atoms with Gasteiger partial charge in [-0.3, -0.25) is 4.79 Å². The lowest BCUT2D eigenvalue weighted by Crippen LogP contribution is -2.43. The molecular weight excluding hydrogens is 370 g/mol. The van der Waals surface area contributed by atoms with E-state index in [0.717, 1.165) is 12.8 Å². The summed E-state index contributed by atoms with van der Waals surface area (Å²) < 4.78 is 5.76. The van der Waals surface area contributed by atoms with Crippen LogP contribution in [-0.4, -0.2) is 66.5 Å². The first-order valence-electron chi connectivity index (χ1n) is 11.2. The van der Waals surface area contributed by atoms with Gasteiger partial charge in [0.15, 0.2) is 6.10 Å². The van der Waals surface area contributed by atoms with Gasteiger partial charge in [0.1, 0.15) is 6.54 Å². The molecule has 0 rings (SSSR count). The summed E-state index contributed by atoms with van der Waals surface area (Å²) in [5, 5.41) is 19.0. The fourth-order valence-electron chi connectivity index (χ4n) is 3.28. The second-order valence-corrected chi connectivity index (χ2v) is 9.03. The molecule has 6 nitrogen and oxygen atoms in total. The number of hydrogen-bond acceptors (Lipinski definition) is 4. The Bertz CT molecular complexity index is 470. The van der Waals surface area contributed by atoms with E-state index in [4.69, 9.17) is 9.84 Å². The molecule has 0 aromatic heterocycles. The first-order valence-corrected chi connectivity index (χ1v) is 11.2. The molecule has 2 unspecified atom stereocenters. The maximum Gasteiger partial charge on any atom is 0.331 e. The van der Waals surface area contributed by atoms with E-state index in [-0.39, 0.29) is 6.42 Å². The quantitative estimate of drug-likeness (QED) is 0.151. The van der Waals surface area contributed by atoms with Gasteiger partial charge in [-0.2, -0.15) is 0 Å². The summed E-state index contributed by atoms with van der Waals surface area (Å²) in [4.78, 5) is 22.9. The number of hydrogen-bond donors (Lipinski definition) is 2. The van der Waals surface area contributed by atoms with Crippen LogP contribution in [0.25, 0.3) is 0 Å². The van der Waals surface area contributed by atoms with Crippen molar-refractivity contribution in [3.8, 4) is 0 Å². The third-order valence-corrected chi connectivity index (χ3v) is 4.74. The van der Waals surface area contributed by atoms with Crippen LogP contribution in [0.15, 0.2) is 12.2 Å². The monoisotopic (exact) mass is 414 g/mol. The van der Waals surface area contributed by atoms with Gasteiger partial charge >= 0.3 is 11.9 Å². The lowest BCUT2D eigenvalue weighted by molar-refractivity contribution is -0.873. The number of esters is 1. The number of quaternary nitrogens is 1. The van der Waals surface area contributed by atoms with Crippen molar-refractivity contribution < 1.29 is 29.0 Å². The number of carbonyl (C=O) groups excluding carboxylic acids is 1. The molecule has 0 aromatic rings. The molecule has 0 aliphatic heterocycles. The van der Waals surface area contributed by atoms with E-state index >= 15 is 0 Å². The molecule has 29 heavy (non-hydrogen) atoms. The van der Waals surface area contributed by atoms with Crippen molar-refractivity contribution in [3.05, 3.63) is 12.2 Å². The molecule has 2 N–H and O–H groups in total. The Labute approximate surface area is 177 Å². The van der Waals surface area contributed by atoms with Crippen LogP contribution >= 0.6 is 0 Å². The number of ether oxygens (including phenoxy) is 1. The molecule has 0 heterocycles. The molecule has 2 atom stereocenters. The van der Waals surface area contributed by atoms with Crippen LogP contribution in [0, 0.1) is 0 Å². The van der Waals surface area contributed by atoms with Crippen LogP contribution in [0.1, 0.15) is 84.0 Å². The van der Waals surface area contributed by atoms with E-state index in [9.17, 15) is 14.7 Å². The summed E-state index contributed by atoms with van der Waals surface area (Å²) in [7, 11) is 5.73. The highest BCUT2D eigenvalue weighted by Crippen LogP contribution is 2.12. The van der Waals surface area contributed by atoms with Crippen LogP contribution in [0.2, 0.25) is 0 Å². The van der Waals surface area contributed by atoms with Crippen LogP contribution in [0.3, 0.4) is 0 Å². The molecule has 0 fully saturated rings. The summed E-state index contributed by atoms with van der Waals surface area (Å²) in [5.74, 6) is -1.60. The van der Waals surface area contributed by atoms with Crippen molar-refractivity contribution in [3.63, 3.8) is 0 Å². The Balaban J connectivity index is 3.96. The van der Waals surface area contributed by atoms with Crippen molar-refractivity contribution in [1.29, 1.82) is 0 Å². The van der Waals surface area contributed by atoms with Crippen molar-refractivity contribution in [2.24, 2.45) is 0 Å². The molecule has 0 amide bonds. The average molecular weight is 415 g/mol. The van der Waals surface area contributed by atoms with E-state index < -0.39 is 24.1 Å². The maximum atomic E-state index is 11.9. The van der Waals surface area contributed by atoms with E-state index in [2.05, 4.69) is 6.92 Å². The third kappa shape index (κ3) is 19.7. The lowest BCUT2D eigenvalue weighted by Gasteiger charge is -2.28. The van der Waals surface area contributed by atoms with Gasteiger partial charge in [-0.25, -0.2) is 4.79 Å². The summed E-state index contributed by atoms with van der Waals surface area (Å²) in [6, 6.07) is 0. The molecule has 0 saturated heterocycles. The second-order valence-electron chi connectivity index (χ2n) is 9.03. The van der Waals surface area contributed by atoms with E-state index in [1.54, 1.807) is 0 Å². The first-order chi connectivity index (χ1) is 13.6. The highest BCUT2D eigenvalue weighted by molar-refractivity contribution is 5.82. The smallest absolute Gasteiger partial charge is 0.331 e. The lowest BCUT2D eigenvalue weighted by atomic mass is 10.0. The largest absolute Gasteiger partial charge is 0.481 e. The van der Waals surface area contributed by atoms with Crippen LogP contribution in [0.4, 0.5) is 0 Å². The summed E-state index contributed by atoms with van der Waals surface area (Å²) >= 11 is 0. The molecule has 0 aromatic carbocycles. The third-order valence-electron chi connectivity index (χ3n) is 4.74. The van der Waals surface area contributed by atoms with E-state index in [1.807, 2.05) is 21.1 Å². The maximum absolute atomic E-state index is 11.9. The van der Waals surface area contributed by atoms with Crippen molar-refractivity contribution in [2.45, 2.75) is 96.2 Å².